The molecule has 1 aromatic rings. The summed E-state index contributed by atoms with van der Waals surface area (Å²) < 4.78 is 11.7. The highest BCUT2D eigenvalue weighted by atomic mass is 16.5. The molecule has 22 heavy (non-hydrogen) atoms. The number of hydrogen-bond acceptors (Lipinski definition) is 4. The Morgan fingerprint density at radius 1 is 1.45 bits per heavy atom. The number of phenols is 1. The van der Waals surface area contributed by atoms with Gasteiger partial charge >= 0.3 is 0 Å². The minimum atomic E-state index is -0.848. The molecule has 1 aromatic carbocycles. The van der Waals surface area contributed by atoms with Gasteiger partial charge in [-0.3, -0.25) is 4.79 Å². The summed E-state index contributed by atoms with van der Waals surface area (Å²) in [6.45, 7) is 8.61. The third-order valence-corrected chi connectivity index (χ3v) is 3.34. The van der Waals surface area contributed by atoms with Gasteiger partial charge in [-0.25, -0.2) is 0 Å². The predicted molar refractivity (Wildman–Crippen MR) is 85.4 cm³/mol. The monoisotopic (exact) mass is 300 g/mol. The Hall–Kier alpha value is -2.41. The molecule has 0 unspecified atom stereocenters. The molecule has 0 fully saturated rings. The summed E-state index contributed by atoms with van der Waals surface area (Å²) in [5.41, 5.74) is -0.674. The molecule has 0 saturated heterocycles. The van der Waals surface area contributed by atoms with Gasteiger partial charge < -0.3 is 14.6 Å². The van der Waals surface area contributed by atoms with Gasteiger partial charge in [-0.15, -0.1) is 6.42 Å². The maximum absolute atomic E-state index is 11.9. The van der Waals surface area contributed by atoms with Crippen LogP contribution < -0.4 is 9.47 Å². The maximum Gasteiger partial charge on any atom is 0.167 e. The van der Waals surface area contributed by atoms with Gasteiger partial charge in [-0.1, -0.05) is 5.92 Å². The smallest absolute Gasteiger partial charge is 0.167 e. The Kier molecular flexibility index (Phi) is 3.70. The fraction of sp³-hybridized carbons (Fsp3) is 0.389. The summed E-state index contributed by atoms with van der Waals surface area (Å²) in [6, 6.07) is 1.40. The minimum Gasteiger partial charge on any atom is -0.507 e. The van der Waals surface area contributed by atoms with E-state index in [2.05, 4.69) is 5.92 Å². The number of phenolic OH excluding ortho intramolecular Hbond substituents is 1. The van der Waals surface area contributed by atoms with Crippen LogP contribution in [0.5, 0.6) is 17.2 Å². The number of Topliss-reactive ketones (excluding diaryl/α,β-unsaturated/α-hetero) is 1. The van der Waals surface area contributed by atoms with Crippen LogP contribution in [0.4, 0.5) is 0 Å². The van der Waals surface area contributed by atoms with E-state index in [1.165, 1.54) is 13.0 Å². The van der Waals surface area contributed by atoms with Crippen LogP contribution in [0.3, 0.4) is 0 Å². The molecule has 0 aromatic heterocycles. The average Bonchev–Trinajstić information content (AvgIpc) is 2.36. The van der Waals surface area contributed by atoms with Gasteiger partial charge in [-0.05, 0) is 46.8 Å². The third-order valence-electron chi connectivity index (χ3n) is 3.34. The number of fused-ring (bicyclic) bond motifs is 1. The van der Waals surface area contributed by atoms with Crippen molar-refractivity contribution in [2.24, 2.45) is 0 Å². The minimum absolute atomic E-state index is 0.151. The van der Waals surface area contributed by atoms with Crippen molar-refractivity contribution in [2.45, 2.75) is 45.8 Å². The Labute approximate surface area is 130 Å². The van der Waals surface area contributed by atoms with E-state index in [-0.39, 0.29) is 17.1 Å². The van der Waals surface area contributed by atoms with Crippen molar-refractivity contribution < 1.29 is 19.4 Å². The molecule has 1 aliphatic heterocycles. The average molecular weight is 300 g/mol. The van der Waals surface area contributed by atoms with Crippen LogP contribution in [0.15, 0.2) is 12.1 Å². The molecule has 2 rings (SSSR count). The predicted octanol–water partition coefficient (Wildman–Crippen LogP) is 3.57. The molecule has 0 bridgehead atoms. The highest BCUT2D eigenvalue weighted by molar-refractivity contribution is 6.01. The lowest BCUT2D eigenvalue weighted by Crippen LogP contribution is -2.30. The summed E-state index contributed by atoms with van der Waals surface area (Å²) in [4.78, 5) is 11.9. The van der Waals surface area contributed by atoms with Crippen LogP contribution in [0.2, 0.25) is 0 Å². The van der Waals surface area contributed by atoms with E-state index in [9.17, 15) is 9.90 Å². The molecule has 0 aliphatic carbocycles. The van der Waals surface area contributed by atoms with Gasteiger partial charge in [0.05, 0.1) is 5.56 Å². The van der Waals surface area contributed by atoms with Gasteiger partial charge in [0.25, 0.3) is 0 Å². The van der Waals surface area contributed by atoms with Crippen LogP contribution in [-0.2, 0) is 0 Å². The van der Waals surface area contributed by atoms with Crippen molar-refractivity contribution >= 4 is 11.9 Å². The van der Waals surface area contributed by atoms with Gasteiger partial charge in [0, 0.05) is 6.07 Å². The van der Waals surface area contributed by atoms with Crippen LogP contribution in [-0.4, -0.2) is 22.1 Å². The number of terminal acetylenes is 1. The molecule has 0 amide bonds. The SMILES string of the molecule is C#CC(C)(C)Oc1cc(O)c(C(C)=O)c2c1C=CC(C)(C)O2. The zero-order valence-corrected chi connectivity index (χ0v) is 13.5. The number of carbonyl (C=O) groups excluding carboxylic acids is 1. The van der Waals surface area contributed by atoms with Gasteiger partial charge in [0.1, 0.15) is 28.4 Å². The molecule has 1 aliphatic rings. The summed E-state index contributed by atoms with van der Waals surface area (Å²) in [5, 5.41) is 10.2. The number of rotatable bonds is 3. The lowest BCUT2D eigenvalue weighted by Gasteiger charge is -2.31. The van der Waals surface area contributed by atoms with Crippen molar-refractivity contribution in [1.29, 1.82) is 0 Å². The van der Waals surface area contributed by atoms with Crippen LogP contribution in [0, 0.1) is 12.3 Å². The number of aromatic hydroxyl groups is 1. The molecule has 0 saturated carbocycles. The van der Waals surface area contributed by atoms with Crippen molar-refractivity contribution in [3.8, 4) is 29.6 Å². The quantitative estimate of drug-likeness (QED) is 0.685. The number of benzene rings is 1. The number of ketones is 1. The van der Waals surface area contributed by atoms with E-state index >= 15 is 0 Å². The highest BCUT2D eigenvalue weighted by Crippen LogP contribution is 2.45. The topological polar surface area (TPSA) is 55.8 Å². The zero-order valence-electron chi connectivity index (χ0n) is 13.5. The Bertz CT molecular complexity index is 703. The molecule has 0 spiro atoms. The Morgan fingerprint density at radius 2 is 2.09 bits per heavy atom. The first-order chi connectivity index (χ1) is 10.1. The Morgan fingerprint density at radius 3 is 2.64 bits per heavy atom. The van der Waals surface area contributed by atoms with E-state index in [1.807, 2.05) is 26.0 Å². The fourth-order valence-electron chi connectivity index (χ4n) is 2.21. The largest absolute Gasteiger partial charge is 0.507 e. The highest BCUT2D eigenvalue weighted by Gasteiger charge is 2.31. The number of carbonyl (C=O) groups is 1. The number of hydrogen-bond donors (Lipinski definition) is 1. The first-order valence-corrected chi connectivity index (χ1v) is 7.02. The van der Waals surface area contributed by atoms with Crippen LogP contribution in [0.1, 0.15) is 50.5 Å². The summed E-state index contributed by atoms with van der Waals surface area (Å²) in [6.07, 6.45) is 9.14. The second-order valence-corrected chi connectivity index (χ2v) is 6.36. The van der Waals surface area contributed by atoms with Gasteiger partial charge in [0.2, 0.25) is 0 Å². The van der Waals surface area contributed by atoms with Crippen molar-refractivity contribution in [1.82, 2.24) is 0 Å². The van der Waals surface area contributed by atoms with Gasteiger partial charge in [-0.2, -0.15) is 0 Å². The standard InChI is InChI=1S/C18H20O4/c1-7-17(3,4)21-14-10-13(20)15(11(2)19)16-12(14)8-9-18(5,6)22-16/h1,8-10,20H,2-6H3. The molecule has 1 heterocycles. The third kappa shape index (κ3) is 2.94. The van der Waals surface area contributed by atoms with Crippen LogP contribution >= 0.6 is 0 Å². The molecule has 116 valence electrons. The normalized spacial score (nSPS) is 15.5. The molecule has 0 radical (unpaired) electrons. The van der Waals surface area contributed by atoms with E-state index in [4.69, 9.17) is 15.9 Å². The van der Waals surface area contributed by atoms with E-state index in [0.29, 0.717) is 17.1 Å². The zero-order chi connectivity index (χ0) is 16.7. The number of ether oxygens (including phenoxy) is 2. The second-order valence-electron chi connectivity index (χ2n) is 6.36. The van der Waals surface area contributed by atoms with E-state index in [1.54, 1.807) is 13.8 Å². The van der Waals surface area contributed by atoms with Gasteiger partial charge in [0.15, 0.2) is 11.4 Å². The molecular formula is C18H20O4. The van der Waals surface area contributed by atoms with E-state index in [0.717, 1.165) is 0 Å². The molecule has 4 nitrogen and oxygen atoms in total. The second kappa shape index (κ2) is 5.10. The fourth-order valence-corrected chi connectivity index (χ4v) is 2.21. The molecular weight excluding hydrogens is 280 g/mol. The first kappa shape index (κ1) is 16.0. The summed E-state index contributed by atoms with van der Waals surface area (Å²) in [7, 11) is 0. The lowest BCUT2D eigenvalue weighted by molar-refractivity contribution is 0.0995. The summed E-state index contributed by atoms with van der Waals surface area (Å²) in [5.74, 6) is 2.78. The Balaban J connectivity index is 2.68. The maximum atomic E-state index is 11.9. The molecule has 4 heteroatoms. The molecule has 0 atom stereocenters. The lowest BCUT2D eigenvalue weighted by atomic mass is 9.96. The molecule has 1 N–H and O–H groups in total. The first-order valence-electron chi connectivity index (χ1n) is 7.02. The van der Waals surface area contributed by atoms with Crippen LogP contribution in [0.25, 0.3) is 6.08 Å². The van der Waals surface area contributed by atoms with Crippen molar-refractivity contribution in [3.63, 3.8) is 0 Å². The van der Waals surface area contributed by atoms with E-state index < -0.39 is 11.2 Å². The van der Waals surface area contributed by atoms with Crippen molar-refractivity contribution in [3.05, 3.63) is 23.3 Å². The summed E-state index contributed by atoms with van der Waals surface area (Å²) >= 11 is 0. The van der Waals surface area contributed by atoms with Crippen molar-refractivity contribution in [2.75, 3.05) is 0 Å².